The molecule has 1 amide bonds. The zero-order valence-electron chi connectivity index (χ0n) is 10.9. The van der Waals surface area contributed by atoms with Crippen LogP contribution in [0.1, 0.15) is 28.5 Å². The number of carbonyl (C=O) groups is 1. The van der Waals surface area contributed by atoms with Gasteiger partial charge in [-0.2, -0.15) is 5.10 Å². The molecule has 2 rings (SSSR count). The zero-order valence-corrected chi connectivity index (χ0v) is 10.9. The molecule has 0 bridgehead atoms. The van der Waals surface area contributed by atoms with Gasteiger partial charge in [-0.05, 0) is 32.9 Å². The lowest BCUT2D eigenvalue weighted by Gasteiger charge is -2.07. The van der Waals surface area contributed by atoms with E-state index in [1.807, 2.05) is 51.1 Å². The number of aromatic nitrogens is 2. The van der Waals surface area contributed by atoms with Crippen molar-refractivity contribution in [2.24, 2.45) is 0 Å². The molecule has 0 aliphatic heterocycles. The minimum atomic E-state index is -0.103. The molecule has 0 atom stereocenters. The lowest BCUT2D eigenvalue weighted by atomic mass is 10.1. The second-order valence-corrected chi connectivity index (χ2v) is 4.31. The van der Waals surface area contributed by atoms with Crippen LogP contribution in [0.25, 0.3) is 0 Å². The van der Waals surface area contributed by atoms with Crippen LogP contribution in [-0.4, -0.2) is 15.7 Å². The summed E-state index contributed by atoms with van der Waals surface area (Å²) in [5.41, 5.74) is 2.63. The SMILES string of the molecule is CCn1nc(C)cc1NC(=O)c1cccc(C)c1. The molecule has 0 aliphatic rings. The van der Waals surface area contributed by atoms with E-state index in [2.05, 4.69) is 10.4 Å². The molecule has 0 aliphatic carbocycles. The summed E-state index contributed by atoms with van der Waals surface area (Å²) < 4.78 is 1.78. The van der Waals surface area contributed by atoms with Crippen molar-refractivity contribution in [3.8, 4) is 0 Å². The molecule has 1 aromatic heterocycles. The summed E-state index contributed by atoms with van der Waals surface area (Å²) in [5, 5.41) is 7.18. The van der Waals surface area contributed by atoms with Crippen molar-refractivity contribution in [3.63, 3.8) is 0 Å². The minimum Gasteiger partial charge on any atom is -0.307 e. The Kier molecular flexibility index (Phi) is 3.46. The van der Waals surface area contributed by atoms with Gasteiger partial charge in [0.05, 0.1) is 5.69 Å². The van der Waals surface area contributed by atoms with Crippen molar-refractivity contribution in [2.75, 3.05) is 5.32 Å². The van der Waals surface area contributed by atoms with E-state index in [9.17, 15) is 4.79 Å². The molecule has 4 nitrogen and oxygen atoms in total. The van der Waals surface area contributed by atoms with E-state index in [-0.39, 0.29) is 5.91 Å². The van der Waals surface area contributed by atoms with Crippen LogP contribution in [0.4, 0.5) is 5.82 Å². The quantitative estimate of drug-likeness (QED) is 0.901. The molecule has 1 aromatic carbocycles. The zero-order chi connectivity index (χ0) is 13.1. The first-order chi connectivity index (χ1) is 8.60. The summed E-state index contributed by atoms with van der Waals surface area (Å²) in [6.07, 6.45) is 0. The lowest BCUT2D eigenvalue weighted by Crippen LogP contribution is -2.15. The standard InChI is InChI=1S/C14H17N3O/c1-4-17-13(9-11(3)16-17)15-14(18)12-7-5-6-10(2)8-12/h5-9H,4H2,1-3H3,(H,15,18). The molecule has 18 heavy (non-hydrogen) atoms. The molecule has 4 heteroatoms. The second-order valence-electron chi connectivity index (χ2n) is 4.31. The molecule has 0 saturated heterocycles. The highest BCUT2D eigenvalue weighted by molar-refractivity contribution is 6.03. The average molecular weight is 243 g/mol. The van der Waals surface area contributed by atoms with Crippen LogP contribution in [0.5, 0.6) is 0 Å². The number of hydrogen-bond donors (Lipinski definition) is 1. The predicted octanol–water partition coefficient (Wildman–Crippen LogP) is 2.77. The first kappa shape index (κ1) is 12.4. The van der Waals surface area contributed by atoms with Gasteiger partial charge >= 0.3 is 0 Å². The molecule has 0 fully saturated rings. The van der Waals surface area contributed by atoms with Crippen molar-refractivity contribution < 1.29 is 4.79 Å². The Labute approximate surface area is 107 Å². The monoisotopic (exact) mass is 243 g/mol. The van der Waals surface area contributed by atoms with E-state index in [0.29, 0.717) is 5.56 Å². The molecule has 0 radical (unpaired) electrons. The van der Waals surface area contributed by atoms with E-state index >= 15 is 0 Å². The molecule has 1 N–H and O–H groups in total. The molecular formula is C14H17N3O. The maximum atomic E-state index is 12.1. The predicted molar refractivity (Wildman–Crippen MR) is 71.8 cm³/mol. The number of amides is 1. The third kappa shape index (κ3) is 2.59. The van der Waals surface area contributed by atoms with E-state index < -0.39 is 0 Å². The fraction of sp³-hybridized carbons (Fsp3) is 0.286. The van der Waals surface area contributed by atoms with Crippen LogP contribution in [-0.2, 0) is 6.54 Å². The van der Waals surface area contributed by atoms with Crippen molar-refractivity contribution in [1.29, 1.82) is 0 Å². The van der Waals surface area contributed by atoms with E-state index in [4.69, 9.17) is 0 Å². The highest BCUT2D eigenvalue weighted by atomic mass is 16.1. The van der Waals surface area contributed by atoms with E-state index in [1.54, 1.807) is 4.68 Å². The van der Waals surface area contributed by atoms with Gasteiger partial charge in [0.25, 0.3) is 5.91 Å². The number of aryl methyl sites for hydroxylation is 3. The Hall–Kier alpha value is -2.10. The smallest absolute Gasteiger partial charge is 0.256 e. The second kappa shape index (κ2) is 5.04. The molecule has 0 spiro atoms. The Morgan fingerprint density at radius 2 is 2.11 bits per heavy atom. The first-order valence-corrected chi connectivity index (χ1v) is 6.02. The van der Waals surface area contributed by atoms with Crippen molar-refractivity contribution in [1.82, 2.24) is 9.78 Å². The first-order valence-electron chi connectivity index (χ1n) is 6.02. The van der Waals surface area contributed by atoms with Crippen molar-refractivity contribution in [2.45, 2.75) is 27.3 Å². The number of nitrogens with one attached hydrogen (secondary N) is 1. The number of benzene rings is 1. The van der Waals surface area contributed by atoms with Gasteiger partial charge in [-0.1, -0.05) is 17.7 Å². The minimum absolute atomic E-state index is 0.103. The number of anilines is 1. The van der Waals surface area contributed by atoms with Gasteiger partial charge in [0.15, 0.2) is 0 Å². The molecule has 94 valence electrons. The fourth-order valence-electron chi connectivity index (χ4n) is 1.86. The fourth-order valence-corrected chi connectivity index (χ4v) is 1.86. The van der Waals surface area contributed by atoms with Crippen molar-refractivity contribution >= 4 is 11.7 Å². The van der Waals surface area contributed by atoms with E-state index in [1.165, 1.54) is 0 Å². The van der Waals surface area contributed by atoms with Gasteiger partial charge in [0.1, 0.15) is 5.82 Å². The Bertz CT molecular complexity index is 572. The molecular weight excluding hydrogens is 226 g/mol. The van der Waals surface area contributed by atoms with Gasteiger partial charge in [0, 0.05) is 18.2 Å². The molecule has 0 saturated carbocycles. The Morgan fingerprint density at radius 1 is 1.33 bits per heavy atom. The maximum absolute atomic E-state index is 12.1. The normalized spacial score (nSPS) is 10.4. The van der Waals surface area contributed by atoms with Crippen LogP contribution < -0.4 is 5.32 Å². The average Bonchev–Trinajstić information content (AvgIpc) is 2.69. The summed E-state index contributed by atoms with van der Waals surface area (Å²) >= 11 is 0. The van der Waals surface area contributed by atoms with Crippen LogP contribution >= 0.6 is 0 Å². The van der Waals surface area contributed by atoms with Crippen LogP contribution in [0.15, 0.2) is 30.3 Å². The van der Waals surface area contributed by atoms with Gasteiger partial charge in [-0.25, -0.2) is 4.68 Å². The van der Waals surface area contributed by atoms with Gasteiger partial charge in [-0.3, -0.25) is 4.79 Å². The number of hydrogen-bond acceptors (Lipinski definition) is 2. The van der Waals surface area contributed by atoms with Gasteiger partial charge in [-0.15, -0.1) is 0 Å². The largest absolute Gasteiger partial charge is 0.307 e. The maximum Gasteiger partial charge on any atom is 0.256 e. The lowest BCUT2D eigenvalue weighted by molar-refractivity contribution is 0.102. The summed E-state index contributed by atoms with van der Waals surface area (Å²) in [6, 6.07) is 9.40. The number of rotatable bonds is 3. The summed E-state index contributed by atoms with van der Waals surface area (Å²) in [5.74, 6) is 0.634. The summed E-state index contributed by atoms with van der Waals surface area (Å²) in [6.45, 7) is 6.61. The topological polar surface area (TPSA) is 46.9 Å². The van der Waals surface area contributed by atoms with Gasteiger partial charge < -0.3 is 5.32 Å². The highest BCUT2D eigenvalue weighted by Crippen LogP contribution is 2.12. The van der Waals surface area contributed by atoms with Crippen LogP contribution in [0.2, 0.25) is 0 Å². The van der Waals surface area contributed by atoms with Crippen LogP contribution in [0.3, 0.4) is 0 Å². The molecule has 0 unspecified atom stereocenters. The summed E-state index contributed by atoms with van der Waals surface area (Å²) in [7, 11) is 0. The number of carbonyl (C=O) groups excluding carboxylic acids is 1. The van der Waals surface area contributed by atoms with Gasteiger partial charge in [0.2, 0.25) is 0 Å². The van der Waals surface area contributed by atoms with E-state index in [0.717, 1.165) is 23.6 Å². The van der Waals surface area contributed by atoms with Crippen LogP contribution in [0, 0.1) is 13.8 Å². The van der Waals surface area contributed by atoms with Crippen molar-refractivity contribution in [3.05, 3.63) is 47.2 Å². The third-order valence-electron chi connectivity index (χ3n) is 2.72. The Morgan fingerprint density at radius 3 is 2.78 bits per heavy atom. The highest BCUT2D eigenvalue weighted by Gasteiger charge is 2.10. The third-order valence-corrected chi connectivity index (χ3v) is 2.72. The number of nitrogens with zero attached hydrogens (tertiary/aromatic N) is 2. The molecule has 1 heterocycles. The Balaban J connectivity index is 2.21. The molecule has 2 aromatic rings. The summed E-state index contributed by atoms with van der Waals surface area (Å²) in [4.78, 5) is 12.1.